The van der Waals surface area contributed by atoms with Crippen molar-refractivity contribution in [2.24, 2.45) is 0 Å². The number of carbonyl (C=O) groups is 1. The van der Waals surface area contributed by atoms with Crippen LogP contribution in [-0.4, -0.2) is 34.1 Å². The topological polar surface area (TPSA) is 84.9 Å². The smallest absolute Gasteiger partial charge is 0.416 e. The molecular weight excluding hydrogens is 533 g/mol. The van der Waals surface area contributed by atoms with Crippen LogP contribution in [0, 0.1) is 0 Å². The van der Waals surface area contributed by atoms with E-state index in [1.54, 1.807) is 18.2 Å². The lowest BCUT2D eigenvalue weighted by atomic mass is 9.86. The number of fused-ring (bicyclic) bond motifs is 1. The van der Waals surface area contributed by atoms with Gasteiger partial charge in [0.1, 0.15) is 11.5 Å². The normalized spacial score (nSPS) is 15.8. The fraction of sp³-hybridized carbons (Fsp3) is 0.321. The van der Waals surface area contributed by atoms with Crippen LogP contribution in [0.2, 0.25) is 0 Å². The highest BCUT2D eigenvalue weighted by molar-refractivity contribution is 7.92. The van der Waals surface area contributed by atoms with E-state index in [-0.39, 0.29) is 34.7 Å². The number of nitrogens with zero attached hydrogens (tertiary/aromatic N) is 1. The maximum atomic E-state index is 13.8. The predicted molar refractivity (Wildman–Crippen MR) is 140 cm³/mol. The van der Waals surface area contributed by atoms with Crippen LogP contribution < -0.4 is 19.1 Å². The second-order valence-corrected chi connectivity index (χ2v) is 12.0. The summed E-state index contributed by atoms with van der Waals surface area (Å²) in [6, 6.07) is 15.7. The number of anilines is 1. The summed E-state index contributed by atoms with van der Waals surface area (Å²) in [5, 5.41) is 2.57. The minimum Gasteiger partial charge on any atom is -0.497 e. The van der Waals surface area contributed by atoms with Crippen molar-refractivity contribution in [3.8, 4) is 11.5 Å². The zero-order chi connectivity index (χ0) is 28.6. The molecule has 4 rings (SSSR count). The summed E-state index contributed by atoms with van der Waals surface area (Å²) in [5.74, 6) is 0.0247. The number of alkyl halides is 3. The van der Waals surface area contributed by atoms with Gasteiger partial charge in [-0.3, -0.25) is 9.10 Å². The number of nitrogens with one attached hydrogen (secondary N) is 1. The summed E-state index contributed by atoms with van der Waals surface area (Å²) in [7, 11) is -2.65. The van der Waals surface area contributed by atoms with Gasteiger partial charge >= 0.3 is 6.18 Å². The minimum absolute atomic E-state index is 0.000403. The van der Waals surface area contributed by atoms with Crippen molar-refractivity contribution < 1.29 is 35.9 Å². The molecule has 0 fully saturated rings. The molecule has 3 aromatic carbocycles. The van der Waals surface area contributed by atoms with Gasteiger partial charge in [-0.05, 0) is 65.1 Å². The van der Waals surface area contributed by atoms with Crippen molar-refractivity contribution in [2.45, 2.75) is 49.9 Å². The standard InChI is InChI=1S/C28H29F3N2O5S/c1-27(2,3)19-8-13-24-23(15-19)33(39(35,36)22-11-9-21(37-4)10-12-22)17-25(38-24)26(34)32-16-18-6-5-7-20(14-18)28(29,30)31/h5-15,25H,16-17H2,1-4H3,(H,32,34)/t25-/m1/s1. The molecule has 7 nitrogen and oxygen atoms in total. The molecule has 1 amide bonds. The van der Waals surface area contributed by atoms with Crippen molar-refractivity contribution in [2.75, 3.05) is 18.0 Å². The third-order valence-electron chi connectivity index (χ3n) is 6.36. The number of benzene rings is 3. The van der Waals surface area contributed by atoms with Crippen LogP contribution in [0.1, 0.15) is 37.5 Å². The molecule has 1 atom stereocenters. The monoisotopic (exact) mass is 562 g/mol. The number of sulfonamides is 1. The number of ether oxygens (including phenoxy) is 2. The molecule has 3 aromatic rings. The van der Waals surface area contributed by atoms with Gasteiger partial charge in [0.15, 0.2) is 6.10 Å². The number of halogens is 3. The van der Waals surface area contributed by atoms with Gasteiger partial charge in [0.2, 0.25) is 0 Å². The van der Waals surface area contributed by atoms with E-state index >= 15 is 0 Å². The van der Waals surface area contributed by atoms with Crippen LogP contribution in [0.15, 0.2) is 71.6 Å². The zero-order valence-corrected chi connectivity index (χ0v) is 22.7. The lowest BCUT2D eigenvalue weighted by Crippen LogP contribution is -2.50. The van der Waals surface area contributed by atoms with E-state index in [1.807, 2.05) is 20.8 Å². The van der Waals surface area contributed by atoms with Crippen molar-refractivity contribution in [3.63, 3.8) is 0 Å². The summed E-state index contributed by atoms with van der Waals surface area (Å²) in [4.78, 5) is 13.1. The highest BCUT2D eigenvalue weighted by Crippen LogP contribution is 2.40. The quantitative estimate of drug-likeness (QED) is 0.442. The van der Waals surface area contributed by atoms with Crippen molar-refractivity contribution in [1.29, 1.82) is 0 Å². The fourth-order valence-electron chi connectivity index (χ4n) is 4.12. The third kappa shape index (κ3) is 6.13. The van der Waals surface area contributed by atoms with Crippen molar-refractivity contribution in [1.82, 2.24) is 5.32 Å². The van der Waals surface area contributed by atoms with Crippen molar-refractivity contribution >= 4 is 21.6 Å². The maximum Gasteiger partial charge on any atom is 0.416 e. The van der Waals surface area contributed by atoms with E-state index in [1.165, 1.54) is 43.5 Å². The summed E-state index contributed by atoms with van der Waals surface area (Å²) in [5.41, 5.74) is 0.284. The van der Waals surface area contributed by atoms with Gasteiger partial charge in [-0.2, -0.15) is 13.2 Å². The van der Waals surface area contributed by atoms with E-state index in [4.69, 9.17) is 9.47 Å². The van der Waals surface area contributed by atoms with E-state index < -0.39 is 33.8 Å². The molecule has 0 saturated heterocycles. The maximum absolute atomic E-state index is 13.8. The zero-order valence-electron chi connectivity index (χ0n) is 21.9. The first-order valence-electron chi connectivity index (χ1n) is 12.1. The number of rotatable bonds is 6. The molecule has 1 aliphatic heterocycles. The predicted octanol–water partition coefficient (Wildman–Crippen LogP) is 5.28. The molecule has 0 radical (unpaired) electrons. The Labute approximate surface area is 225 Å². The van der Waals surface area contributed by atoms with E-state index in [0.717, 1.165) is 22.0 Å². The number of hydrogen-bond acceptors (Lipinski definition) is 5. The van der Waals surface area contributed by atoms with Gasteiger partial charge in [-0.15, -0.1) is 0 Å². The fourth-order valence-corrected chi connectivity index (χ4v) is 5.59. The second kappa shape index (κ2) is 10.4. The van der Waals surface area contributed by atoms with Crippen LogP contribution in [0.25, 0.3) is 0 Å². The molecule has 208 valence electrons. The number of amides is 1. The van der Waals surface area contributed by atoms with Gasteiger partial charge in [-0.25, -0.2) is 8.42 Å². The Balaban J connectivity index is 1.64. The molecule has 0 saturated carbocycles. The molecule has 0 bridgehead atoms. The summed E-state index contributed by atoms with van der Waals surface area (Å²) >= 11 is 0. The Morgan fingerprint density at radius 1 is 1.03 bits per heavy atom. The lowest BCUT2D eigenvalue weighted by Gasteiger charge is -2.36. The highest BCUT2D eigenvalue weighted by atomic mass is 32.2. The van der Waals surface area contributed by atoms with Gasteiger partial charge in [-0.1, -0.05) is 39.0 Å². The van der Waals surface area contributed by atoms with Gasteiger partial charge in [0.05, 0.1) is 29.8 Å². The van der Waals surface area contributed by atoms with E-state index in [0.29, 0.717) is 11.4 Å². The van der Waals surface area contributed by atoms with E-state index in [2.05, 4.69) is 5.32 Å². The minimum atomic E-state index is -4.52. The summed E-state index contributed by atoms with van der Waals surface area (Å²) < 4.78 is 78.9. The average molecular weight is 563 g/mol. The molecule has 0 aliphatic carbocycles. The lowest BCUT2D eigenvalue weighted by molar-refractivity contribution is -0.137. The van der Waals surface area contributed by atoms with Crippen LogP contribution in [0.3, 0.4) is 0 Å². The molecule has 1 aliphatic rings. The first-order chi connectivity index (χ1) is 18.2. The first-order valence-corrected chi connectivity index (χ1v) is 13.6. The van der Waals surface area contributed by atoms with E-state index in [9.17, 15) is 26.4 Å². The summed E-state index contributed by atoms with van der Waals surface area (Å²) in [6.45, 7) is 5.45. The van der Waals surface area contributed by atoms with Gasteiger partial charge < -0.3 is 14.8 Å². The number of carbonyl (C=O) groups excluding carboxylic acids is 1. The Morgan fingerprint density at radius 2 is 1.72 bits per heavy atom. The average Bonchev–Trinajstić information content (AvgIpc) is 2.90. The third-order valence-corrected chi connectivity index (χ3v) is 8.15. The SMILES string of the molecule is COc1ccc(S(=O)(=O)N2C[C@H](C(=O)NCc3cccc(C(F)(F)F)c3)Oc3ccc(C(C)(C)C)cc32)cc1. The van der Waals surface area contributed by atoms with Crippen LogP contribution in [-0.2, 0) is 33.0 Å². The largest absolute Gasteiger partial charge is 0.497 e. The van der Waals surface area contributed by atoms with Gasteiger partial charge in [0.25, 0.3) is 15.9 Å². The molecule has 0 spiro atoms. The number of methoxy groups -OCH3 is 1. The molecule has 11 heteroatoms. The highest BCUT2D eigenvalue weighted by Gasteiger charge is 2.38. The Morgan fingerprint density at radius 3 is 2.33 bits per heavy atom. The molecule has 0 unspecified atom stereocenters. The molecule has 1 heterocycles. The molecule has 39 heavy (non-hydrogen) atoms. The molecular formula is C28H29F3N2O5S. The van der Waals surface area contributed by atoms with Crippen LogP contribution in [0.5, 0.6) is 11.5 Å². The Kier molecular flexibility index (Phi) is 7.57. The van der Waals surface area contributed by atoms with Gasteiger partial charge in [0, 0.05) is 6.54 Å². The second-order valence-electron chi connectivity index (χ2n) is 10.2. The molecule has 1 N–H and O–H groups in total. The Hall–Kier alpha value is -3.73. The van der Waals surface area contributed by atoms with Crippen molar-refractivity contribution in [3.05, 3.63) is 83.4 Å². The Bertz CT molecular complexity index is 1470. The van der Waals surface area contributed by atoms with Crippen LogP contribution >= 0.6 is 0 Å². The van der Waals surface area contributed by atoms with Crippen LogP contribution in [0.4, 0.5) is 18.9 Å². The molecule has 0 aromatic heterocycles. The number of hydrogen-bond donors (Lipinski definition) is 1. The first kappa shape index (κ1) is 28.3. The summed E-state index contributed by atoms with van der Waals surface area (Å²) in [6.07, 6.45) is -5.75.